The van der Waals surface area contributed by atoms with Crippen molar-refractivity contribution in [3.05, 3.63) is 117 Å². The number of likely N-dealkylation sites (tertiary alicyclic amines) is 2. The highest BCUT2D eigenvalue weighted by molar-refractivity contribution is 5.74. The molecule has 0 unspecified atom stereocenters. The summed E-state index contributed by atoms with van der Waals surface area (Å²) in [5, 5.41) is 19.2. The van der Waals surface area contributed by atoms with Gasteiger partial charge in [0.25, 0.3) is 0 Å². The first-order valence-corrected chi connectivity index (χ1v) is 19.3. The van der Waals surface area contributed by atoms with Gasteiger partial charge in [0.2, 0.25) is 0 Å². The van der Waals surface area contributed by atoms with Crippen LogP contribution in [0.2, 0.25) is 0 Å². The average Bonchev–Trinajstić information content (AvgIpc) is 3.17. The summed E-state index contributed by atoms with van der Waals surface area (Å²) < 4.78 is 97.4. The molecule has 6 rings (SSSR count). The maximum atomic E-state index is 14.3. The third-order valence-electron chi connectivity index (χ3n) is 11.2. The molecule has 0 amide bonds. The zero-order valence-electron chi connectivity index (χ0n) is 32.3. The second-order valence-electron chi connectivity index (χ2n) is 15.1. The van der Waals surface area contributed by atoms with E-state index in [1.807, 2.05) is 26.0 Å². The maximum absolute atomic E-state index is 14.3. The molecule has 8 nitrogen and oxygen atoms in total. The summed E-state index contributed by atoms with van der Waals surface area (Å²) in [5.74, 6) is -2.69. The fourth-order valence-electron chi connectivity index (χ4n) is 8.01. The van der Waals surface area contributed by atoms with Crippen molar-refractivity contribution in [2.24, 2.45) is 0 Å². The van der Waals surface area contributed by atoms with Crippen molar-refractivity contribution in [2.45, 2.75) is 103 Å². The van der Waals surface area contributed by atoms with Gasteiger partial charge in [-0.1, -0.05) is 61.4 Å². The number of carbonyl (C=O) groups is 2. The number of hydrogen-bond acceptors (Lipinski definition) is 6. The molecule has 0 saturated carbocycles. The summed E-state index contributed by atoms with van der Waals surface area (Å²) in [5.41, 5.74) is 3.02. The minimum atomic E-state index is -4.72. The van der Waals surface area contributed by atoms with Crippen LogP contribution < -0.4 is 9.47 Å². The fourth-order valence-corrected chi connectivity index (χ4v) is 8.01. The predicted molar refractivity (Wildman–Crippen MR) is 204 cm³/mol. The molecule has 310 valence electrons. The van der Waals surface area contributed by atoms with Crippen LogP contribution in [0.3, 0.4) is 0 Å². The van der Waals surface area contributed by atoms with Crippen LogP contribution in [0.5, 0.6) is 11.5 Å². The summed E-state index contributed by atoms with van der Waals surface area (Å²) in [6.07, 6.45) is -5.54. The highest BCUT2D eigenvalue weighted by Crippen LogP contribution is 2.40. The third-order valence-corrected chi connectivity index (χ3v) is 11.2. The molecule has 2 N–H and O–H groups in total. The molecule has 2 aliphatic rings. The Hall–Kier alpha value is -5.08. The van der Waals surface area contributed by atoms with Crippen molar-refractivity contribution in [1.29, 1.82) is 0 Å². The lowest BCUT2D eigenvalue weighted by Gasteiger charge is -2.33. The molecular weight excluding hydrogens is 766 g/mol. The second-order valence-corrected chi connectivity index (χ2v) is 15.1. The highest BCUT2D eigenvalue weighted by Gasteiger charge is 2.37. The highest BCUT2D eigenvalue weighted by atomic mass is 19.4. The number of hydrogen-bond donors (Lipinski definition) is 2. The lowest BCUT2D eigenvalue weighted by Crippen LogP contribution is -2.44. The zero-order chi connectivity index (χ0) is 41.8. The Morgan fingerprint density at radius 3 is 1.38 bits per heavy atom. The van der Waals surface area contributed by atoms with Crippen LogP contribution in [0, 0.1) is 13.8 Å². The van der Waals surface area contributed by atoms with Gasteiger partial charge in [-0.3, -0.25) is 19.4 Å². The molecule has 0 aliphatic carbocycles. The number of carboxylic acid groups (broad SMARTS) is 2. The normalized spacial score (nSPS) is 18.2. The van der Waals surface area contributed by atoms with Crippen LogP contribution in [0.4, 0.5) is 26.3 Å². The Bertz CT molecular complexity index is 1970. The standard InChI is InChI=1S/C44H46F6N2O6/c1-27-31(25-57-39-17-15-29(21-35(39)43(45,46)47)23-51-19-5-3-13-37(51)41(53)54)9-7-11-33(27)34-12-8-10-32(28(34)2)26-58-40-18-16-30(22-36(40)44(48,49)50)24-52-20-6-4-14-38(52)42(55)56/h7-12,15-18,21-22,37-38H,3-6,13-14,19-20,23-26H2,1-2H3,(H,53,54)(H,55,56)/t37-,38-/m0/s1. The van der Waals surface area contributed by atoms with Crippen LogP contribution in [0.1, 0.15) is 83.0 Å². The number of rotatable bonds is 13. The first kappa shape index (κ1) is 42.5. The molecule has 0 radical (unpaired) electrons. The number of carboxylic acids is 2. The topological polar surface area (TPSA) is 99.5 Å². The summed E-state index contributed by atoms with van der Waals surface area (Å²) in [4.78, 5) is 26.9. The average molecular weight is 813 g/mol. The molecule has 0 spiro atoms. The van der Waals surface area contributed by atoms with Crippen LogP contribution in [0.15, 0.2) is 72.8 Å². The molecule has 2 aliphatic heterocycles. The van der Waals surface area contributed by atoms with Crippen molar-refractivity contribution in [3.8, 4) is 22.6 Å². The molecule has 4 aromatic carbocycles. The minimum Gasteiger partial charge on any atom is -0.488 e. The third kappa shape index (κ3) is 9.95. The summed E-state index contributed by atoms with van der Waals surface area (Å²) in [6, 6.07) is 16.8. The fraction of sp³-hybridized carbons (Fsp3) is 0.409. The van der Waals surface area contributed by atoms with E-state index in [4.69, 9.17) is 9.47 Å². The Balaban J connectivity index is 1.18. The summed E-state index contributed by atoms with van der Waals surface area (Å²) >= 11 is 0. The minimum absolute atomic E-state index is 0.0656. The van der Waals surface area contributed by atoms with E-state index < -0.39 is 47.5 Å². The van der Waals surface area contributed by atoms with E-state index in [1.165, 1.54) is 24.3 Å². The molecule has 0 bridgehead atoms. The molecule has 0 aromatic heterocycles. The van der Waals surface area contributed by atoms with Gasteiger partial charge < -0.3 is 19.7 Å². The number of ether oxygens (including phenoxy) is 2. The van der Waals surface area contributed by atoms with Crippen molar-refractivity contribution >= 4 is 11.9 Å². The van der Waals surface area contributed by atoms with Crippen molar-refractivity contribution in [2.75, 3.05) is 13.1 Å². The van der Waals surface area contributed by atoms with Gasteiger partial charge in [-0.05, 0) is 121 Å². The van der Waals surface area contributed by atoms with Gasteiger partial charge >= 0.3 is 24.3 Å². The molecule has 2 fully saturated rings. The van der Waals surface area contributed by atoms with E-state index in [9.17, 15) is 46.1 Å². The lowest BCUT2D eigenvalue weighted by atomic mass is 9.92. The monoisotopic (exact) mass is 812 g/mol. The quantitative estimate of drug-likeness (QED) is 0.129. The molecule has 58 heavy (non-hydrogen) atoms. The van der Waals surface area contributed by atoms with E-state index in [0.29, 0.717) is 48.2 Å². The number of nitrogens with zero attached hydrogens (tertiary/aromatic N) is 2. The van der Waals surface area contributed by atoms with Crippen molar-refractivity contribution in [1.82, 2.24) is 9.80 Å². The second kappa shape index (κ2) is 17.8. The van der Waals surface area contributed by atoms with Gasteiger partial charge in [0.1, 0.15) is 36.8 Å². The SMILES string of the molecule is Cc1c(COc2ccc(CN3CCCC[C@H]3C(=O)O)cc2C(F)(F)F)cccc1-c1cccc(COc2ccc(CN3CCCC[C@H]3C(=O)O)cc2C(F)(F)F)c1C. The maximum Gasteiger partial charge on any atom is 0.419 e. The smallest absolute Gasteiger partial charge is 0.419 e. The van der Waals surface area contributed by atoms with Gasteiger partial charge in [-0.25, -0.2) is 0 Å². The molecular formula is C44H46F6N2O6. The van der Waals surface area contributed by atoms with Gasteiger partial charge in [0, 0.05) is 13.1 Å². The Kier molecular flexibility index (Phi) is 13.1. The van der Waals surface area contributed by atoms with E-state index in [2.05, 4.69) is 0 Å². The molecule has 2 atom stereocenters. The first-order valence-electron chi connectivity index (χ1n) is 19.3. The Morgan fingerprint density at radius 1 is 0.621 bits per heavy atom. The van der Waals surface area contributed by atoms with Crippen LogP contribution in [-0.2, 0) is 48.2 Å². The van der Waals surface area contributed by atoms with Gasteiger partial charge in [0.05, 0.1) is 11.1 Å². The number of alkyl halides is 6. The van der Waals surface area contributed by atoms with Crippen LogP contribution >= 0.6 is 0 Å². The van der Waals surface area contributed by atoms with Crippen molar-refractivity contribution in [3.63, 3.8) is 0 Å². The van der Waals surface area contributed by atoms with Gasteiger partial charge in [0.15, 0.2) is 0 Å². The van der Waals surface area contributed by atoms with Crippen LogP contribution in [0.25, 0.3) is 11.1 Å². The number of benzene rings is 4. The molecule has 4 aromatic rings. The van der Waals surface area contributed by atoms with Gasteiger partial charge in [-0.2, -0.15) is 26.3 Å². The van der Waals surface area contributed by atoms with Gasteiger partial charge in [-0.15, -0.1) is 0 Å². The predicted octanol–water partition coefficient (Wildman–Crippen LogP) is 10.0. The molecule has 14 heteroatoms. The van der Waals surface area contributed by atoms with E-state index >= 15 is 0 Å². The van der Waals surface area contributed by atoms with E-state index in [-0.39, 0.29) is 37.8 Å². The molecule has 2 heterocycles. The summed E-state index contributed by atoms with van der Waals surface area (Å²) in [6.45, 7) is 4.37. The first-order chi connectivity index (χ1) is 27.5. The number of piperidine rings is 2. The summed E-state index contributed by atoms with van der Waals surface area (Å²) in [7, 11) is 0. The largest absolute Gasteiger partial charge is 0.488 e. The van der Waals surface area contributed by atoms with E-state index in [0.717, 1.165) is 60.1 Å². The van der Waals surface area contributed by atoms with Crippen molar-refractivity contribution < 1.29 is 55.6 Å². The lowest BCUT2D eigenvalue weighted by molar-refractivity contribution is -0.145. The Labute approximate surface area is 333 Å². The Morgan fingerprint density at radius 2 is 1.02 bits per heavy atom. The number of halogens is 6. The van der Waals surface area contributed by atoms with Crippen LogP contribution in [-0.4, -0.2) is 57.1 Å². The number of aliphatic carboxylic acids is 2. The zero-order valence-corrected chi connectivity index (χ0v) is 32.3. The van der Waals surface area contributed by atoms with E-state index in [1.54, 1.807) is 34.1 Å². The molecule has 2 saturated heterocycles.